The molecule has 0 aliphatic heterocycles. The maximum Gasteiger partial charge on any atom is 0.425 e. The van der Waals surface area contributed by atoms with Crippen molar-refractivity contribution in [3.05, 3.63) is 34.4 Å². The van der Waals surface area contributed by atoms with Gasteiger partial charge in [-0.3, -0.25) is 0 Å². The molecule has 0 saturated carbocycles. The molecular formula is C21H33BrN4O4S. The highest BCUT2D eigenvalue weighted by Gasteiger charge is 2.33. The average Bonchev–Trinajstić information content (AvgIpc) is 2.95. The number of likely N-dealkylation sites (N-methyl/N-ethyl adjacent to an activating group) is 1. The molecule has 0 unspecified atom stereocenters. The van der Waals surface area contributed by atoms with Crippen molar-refractivity contribution in [3.63, 3.8) is 0 Å². The van der Waals surface area contributed by atoms with Gasteiger partial charge in [0.15, 0.2) is 0 Å². The number of rotatable bonds is 8. The van der Waals surface area contributed by atoms with Crippen molar-refractivity contribution in [1.29, 1.82) is 0 Å². The molecule has 1 aromatic carbocycles. The number of aromatic nitrogens is 1. The van der Waals surface area contributed by atoms with Crippen molar-refractivity contribution >= 4 is 43.1 Å². The largest absolute Gasteiger partial charge is 0.443 e. The van der Waals surface area contributed by atoms with E-state index in [2.05, 4.69) is 31.5 Å². The van der Waals surface area contributed by atoms with Gasteiger partial charge in [-0.2, -0.15) is 17.0 Å². The summed E-state index contributed by atoms with van der Waals surface area (Å²) in [5.41, 5.74) is 1.24. The number of halogens is 1. The molecule has 0 aliphatic carbocycles. The molecule has 31 heavy (non-hydrogen) atoms. The Bertz CT molecular complexity index is 1030. The Labute approximate surface area is 194 Å². The summed E-state index contributed by atoms with van der Waals surface area (Å²) in [6.45, 7) is 6.78. The van der Waals surface area contributed by atoms with Gasteiger partial charge in [-0.05, 0) is 59.0 Å². The maximum atomic E-state index is 12.8. The van der Waals surface area contributed by atoms with Crippen LogP contribution in [0, 0.1) is 0 Å². The number of ether oxygens (including phenoxy) is 1. The Morgan fingerprint density at radius 3 is 2.32 bits per heavy atom. The fraction of sp³-hybridized carbons (Fsp3) is 0.571. The van der Waals surface area contributed by atoms with Gasteiger partial charge in [-0.1, -0.05) is 22.0 Å². The van der Waals surface area contributed by atoms with Gasteiger partial charge < -0.3 is 14.2 Å². The number of fused-ring (bicyclic) bond motifs is 1. The smallest absolute Gasteiger partial charge is 0.425 e. The Hall–Kier alpha value is -1.62. The minimum absolute atomic E-state index is 0.0156. The summed E-state index contributed by atoms with van der Waals surface area (Å²) in [6, 6.07) is 6.03. The lowest BCUT2D eigenvalue weighted by Gasteiger charge is -2.28. The molecule has 2 rings (SSSR count). The van der Waals surface area contributed by atoms with Crippen LogP contribution in [0.1, 0.15) is 26.3 Å². The highest BCUT2D eigenvalue weighted by Crippen LogP contribution is 2.26. The molecule has 0 bridgehead atoms. The van der Waals surface area contributed by atoms with Crippen LogP contribution in [-0.2, 0) is 27.9 Å². The number of nitrogens with zero attached hydrogens (tertiary/aromatic N) is 4. The minimum Gasteiger partial charge on any atom is -0.443 e. The molecule has 0 N–H and O–H groups in total. The summed E-state index contributed by atoms with van der Waals surface area (Å²) in [5.74, 6) is 0. The van der Waals surface area contributed by atoms with Gasteiger partial charge in [0.2, 0.25) is 0 Å². The zero-order valence-electron chi connectivity index (χ0n) is 19.3. The van der Waals surface area contributed by atoms with Crippen LogP contribution in [0.3, 0.4) is 0 Å². The van der Waals surface area contributed by atoms with E-state index >= 15 is 0 Å². The van der Waals surface area contributed by atoms with Crippen molar-refractivity contribution in [2.45, 2.75) is 39.3 Å². The predicted octanol–water partition coefficient (Wildman–Crippen LogP) is 3.55. The quantitative estimate of drug-likeness (QED) is 0.536. The first-order valence-corrected chi connectivity index (χ1v) is 12.3. The molecule has 10 heteroatoms. The van der Waals surface area contributed by atoms with Crippen LogP contribution >= 0.6 is 15.9 Å². The molecule has 1 amide bonds. The van der Waals surface area contributed by atoms with E-state index in [9.17, 15) is 13.2 Å². The number of hydrogen-bond acceptors (Lipinski definition) is 5. The lowest BCUT2D eigenvalue weighted by atomic mass is 10.1. The second kappa shape index (κ2) is 9.89. The molecule has 174 valence electrons. The van der Waals surface area contributed by atoms with Gasteiger partial charge in [-0.25, -0.2) is 4.79 Å². The second-order valence-electron chi connectivity index (χ2n) is 8.91. The van der Waals surface area contributed by atoms with E-state index in [1.54, 1.807) is 20.8 Å². The van der Waals surface area contributed by atoms with E-state index in [1.165, 1.54) is 14.1 Å². The second-order valence-corrected chi connectivity index (χ2v) is 11.9. The normalized spacial score (nSPS) is 12.7. The average molecular weight is 517 g/mol. The first-order valence-electron chi connectivity index (χ1n) is 10.1. The number of benzene rings is 1. The lowest BCUT2D eigenvalue weighted by Crippen LogP contribution is -2.46. The summed E-state index contributed by atoms with van der Waals surface area (Å²) in [5, 5.41) is 1.04. The number of carbonyl (C=O) groups excluding carboxylic acids is 1. The third kappa shape index (κ3) is 6.68. The molecule has 0 atom stereocenters. The molecule has 0 saturated heterocycles. The van der Waals surface area contributed by atoms with Crippen LogP contribution in [0.25, 0.3) is 10.9 Å². The fourth-order valence-electron chi connectivity index (χ4n) is 3.07. The molecule has 0 spiro atoms. The predicted molar refractivity (Wildman–Crippen MR) is 127 cm³/mol. The molecule has 0 fully saturated rings. The van der Waals surface area contributed by atoms with Gasteiger partial charge in [-0.15, -0.1) is 0 Å². The van der Waals surface area contributed by atoms with E-state index in [0.29, 0.717) is 6.42 Å². The van der Waals surface area contributed by atoms with Crippen LogP contribution in [0.5, 0.6) is 0 Å². The Morgan fingerprint density at radius 2 is 1.77 bits per heavy atom. The van der Waals surface area contributed by atoms with Crippen molar-refractivity contribution in [2.24, 2.45) is 0 Å². The van der Waals surface area contributed by atoms with Gasteiger partial charge >= 0.3 is 16.3 Å². The molecule has 8 nitrogen and oxygen atoms in total. The number of hydrogen-bond donors (Lipinski definition) is 0. The monoisotopic (exact) mass is 516 g/mol. The van der Waals surface area contributed by atoms with Crippen molar-refractivity contribution in [1.82, 2.24) is 18.1 Å². The summed E-state index contributed by atoms with van der Waals surface area (Å²) < 4.78 is 35.9. The molecule has 0 radical (unpaired) electrons. The topological polar surface area (TPSA) is 75.1 Å². The summed E-state index contributed by atoms with van der Waals surface area (Å²) in [6.07, 6.45) is 1.54. The fourth-order valence-corrected chi connectivity index (χ4v) is 4.36. The van der Waals surface area contributed by atoms with E-state index in [-0.39, 0.29) is 6.54 Å². The third-order valence-corrected chi connectivity index (χ3v) is 6.94. The summed E-state index contributed by atoms with van der Waals surface area (Å²) >= 11 is 3.53. The first kappa shape index (κ1) is 25.6. The van der Waals surface area contributed by atoms with Crippen molar-refractivity contribution in [3.8, 4) is 0 Å². The Balaban J connectivity index is 2.37. The highest BCUT2D eigenvalue weighted by molar-refractivity contribution is 9.10. The van der Waals surface area contributed by atoms with Crippen LogP contribution in [0.15, 0.2) is 28.9 Å². The van der Waals surface area contributed by atoms with Crippen LogP contribution < -0.4 is 0 Å². The SMILES string of the molecule is CN(C)CCn1cc(CCN(C(=O)OC(C)(C)C)S(=O)(=O)N(C)C)c2ccc(Br)cc21. The molecule has 1 aromatic heterocycles. The molecule has 2 aromatic rings. The summed E-state index contributed by atoms with van der Waals surface area (Å²) in [4.78, 5) is 14.8. The van der Waals surface area contributed by atoms with E-state index in [1.807, 2.05) is 32.4 Å². The van der Waals surface area contributed by atoms with Gasteiger partial charge in [0.25, 0.3) is 0 Å². The summed E-state index contributed by atoms with van der Waals surface area (Å²) in [7, 11) is 2.86. The highest BCUT2D eigenvalue weighted by atomic mass is 79.9. The van der Waals surface area contributed by atoms with Gasteiger partial charge in [0, 0.05) is 55.3 Å². The number of carbonyl (C=O) groups is 1. The van der Waals surface area contributed by atoms with E-state index in [0.717, 1.165) is 42.6 Å². The third-order valence-electron chi connectivity index (χ3n) is 4.64. The standard InChI is InChI=1S/C21H33BrN4O4S/c1-21(2,3)30-20(27)26(31(28,29)24(6)7)11-10-16-15-25(13-12-23(4)5)19-14-17(22)8-9-18(16)19/h8-9,14-15H,10-13H2,1-7H3. The molecule has 0 aliphatic rings. The molecular weight excluding hydrogens is 484 g/mol. The van der Waals surface area contributed by atoms with Crippen molar-refractivity contribution < 1.29 is 17.9 Å². The number of amides is 1. The lowest BCUT2D eigenvalue weighted by molar-refractivity contribution is 0.0385. The van der Waals surface area contributed by atoms with E-state index < -0.39 is 21.9 Å². The van der Waals surface area contributed by atoms with Crippen LogP contribution in [0.2, 0.25) is 0 Å². The maximum absolute atomic E-state index is 12.8. The van der Waals surface area contributed by atoms with Gasteiger partial charge in [0.05, 0.1) is 0 Å². The minimum atomic E-state index is -3.98. The van der Waals surface area contributed by atoms with Crippen LogP contribution in [-0.4, -0.2) is 79.5 Å². The zero-order valence-corrected chi connectivity index (χ0v) is 21.7. The van der Waals surface area contributed by atoms with Crippen molar-refractivity contribution in [2.75, 3.05) is 41.3 Å². The Kier molecular flexibility index (Phi) is 8.18. The van der Waals surface area contributed by atoms with Crippen LogP contribution in [0.4, 0.5) is 4.79 Å². The van der Waals surface area contributed by atoms with E-state index in [4.69, 9.17) is 4.74 Å². The molecule has 1 heterocycles. The first-order chi connectivity index (χ1) is 14.2. The van der Waals surface area contributed by atoms with Gasteiger partial charge in [0.1, 0.15) is 5.60 Å². The zero-order chi connectivity index (χ0) is 23.6. The Morgan fingerprint density at radius 1 is 1.13 bits per heavy atom.